The van der Waals surface area contributed by atoms with Crippen LogP contribution >= 0.6 is 0 Å². The average Bonchev–Trinajstić information content (AvgIpc) is 2.45. The number of ether oxygens (including phenoxy) is 3. The predicted molar refractivity (Wildman–Crippen MR) is 71.0 cm³/mol. The van der Waals surface area contributed by atoms with Gasteiger partial charge < -0.3 is 19.3 Å². The van der Waals surface area contributed by atoms with Crippen molar-refractivity contribution in [1.82, 2.24) is 0 Å². The van der Waals surface area contributed by atoms with Crippen LogP contribution in [-0.4, -0.2) is 36.7 Å². The van der Waals surface area contributed by atoms with E-state index in [1.54, 1.807) is 24.3 Å². The second-order valence-corrected chi connectivity index (χ2v) is 3.71. The number of methoxy groups -OCH3 is 1. The monoisotopic (exact) mass is 294 g/mol. The number of hydrogen-bond donors (Lipinski definition) is 1. The molecular weight excluding hydrogens is 280 g/mol. The number of aliphatic carboxylic acids is 1. The molecule has 0 radical (unpaired) electrons. The highest BCUT2D eigenvalue weighted by atomic mass is 16.6. The fourth-order valence-corrected chi connectivity index (χ4v) is 1.30. The van der Waals surface area contributed by atoms with Crippen molar-refractivity contribution < 1.29 is 33.7 Å². The van der Waals surface area contributed by atoms with Crippen molar-refractivity contribution >= 4 is 17.9 Å². The lowest BCUT2D eigenvalue weighted by Crippen LogP contribution is -2.13. The molecule has 0 fully saturated rings. The van der Waals surface area contributed by atoms with E-state index in [1.165, 1.54) is 7.11 Å². The van der Waals surface area contributed by atoms with Crippen LogP contribution in [0.1, 0.15) is 6.42 Å². The van der Waals surface area contributed by atoms with E-state index in [0.717, 1.165) is 6.08 Å². The summed E-state index contributed by atoms with van der Waals surface area (Å²) in [7, 11) is 1.45. The Balaban J connectivity index is 2.38. The van der Waals surface area contributed by atoms with Crippen molar-refractivity contribution in [3.8, 4) is 11.5 Å². The van der Waals surface area contributed by atoms with E-state index in [-0.39, 0.29) is 18.8 Å². The normalized spacial score (nSPS) is 10.1. The largest absolute Gasteiger partial charge is 0.493 e. The molecule has 0 aromatic heterocycles. The van der Waals surface area contributed by atoms with Crippen LogP contribution in [0.5, 0.6) is 11.5 Å². The molecule has 0 saturated carbocycles. The molecule has 0 saturated heterocycles. The van der Waals surface area contributed by atoms with Gasteiger partial charge in [-0.3, -0.25) is 4.79 Å². The molecule has 112 valence electrons. The zero-order valence-electron chi connectivity index (χ0n) is 11.3. The quantitative estimate of drug-likeness (QED) is 0.458. The molecule has 1 aromatic carbocycles. The van der Waals surface area contributed by atoms with Crippen LogP contribution in [0, 0.1) is 0 Å². The number of benzene rings is 1. The number of rotatable bonds is 7. The van der Waals surface area contributed by atoms with E-state index in [0.29, 0.717) is 11.8 Å². The number of carbonyl (C=O) groups excluding carboxylic acids is 2. The van der Waals surface area contributed by atoms with Crippen LogP contribution in [-0.2, 0) is 19.1 Å². The van der Waals surface area contributed by atoms with E-state index in [1.807, 2.05) is 0 Å². The van der Waals surface area contributed by atoms with E-state index in [9.17, 15) is 14.4 Å². The Morgan fingerprint density at radius 2 is 1.81 bits per heavy atom. The van der Waals surface area contributed by atoms with Crippen LogP contribution < -0.4 is 9.47 Å². The Morgan fingerprint density at radius 1 is 1.14 bits per heavy atom. The van der Waals surface area contributed by atoms with Crippen molar-refractivity contribution in [2.75, 3.05) is 13.7 Å². The van der Waals surface area contributed by atoms with Gasteiger partial charge in [-0.25, -0.2) is 9.59 Å². The highest BCUT2D eigenvalue weighted by molar-refractivity contribution is 5.90. The molecule has 0 spiro atoms. The first-order valence-corrected chi connectivity index (χ1v) is 5.94. The maximum atomic E-state index is 11.5. The molecule has 0 aliphatic heterocycles. The van der Waals surface area contributed by atoms with Gasteiger partial charge in [-0.05, 0) is 12.1 Å². The fraction of sp³-hybridized carbons (Fsp3) is 0.214. The van der Waals surface area contributed by atoms with Crippen LogP contribution in [0.15, 0.2) is 36.4 Å². The summed E-state index contributed by atoms with van der Waals surface area (Å²) < 4.78 is 14.7. The Morgan fingerprint density at radius 3 is 2.43 bits per heavy atom. The third kappa shape index (κ3) is 6.24. The highest BCUT2D eigenvalue weighted by Crippen LogP contribution is 2.25. The third-order valence-corrected chi connectivity index (χ3v) is 2.21. The maximum absolute atomic E-state index is 11.5. The van der Waals surface area contributed by atoms with Crippen molar-refractivity contribution in [1.29, 1.82) is 0 Å². The minimum absolute atomic E-state index is 0.162. The second kappa shape index (κ2) is 8.36. The molecule has 7 heteroatoms. The predicted octanol–water partition coefficient (Wildman–Crippen LogP) is 1.17. The topological polar surface area (TPSA) is 99.1 Å². The van der Waals surface area contributed by atoms with Crippen molar-refractivity contribution in [2.24, 2.45) is 0 Å². The number of carboxylic acids is 1. The molecule has 7 nitrogen and oxygen atoms in total. The van der Waals surface area contributed by atoms with Crippen LogP contribution in [0.25, 0.3) is 0 Å². The highest BCUT2D eigenvalue weighted by Gasteiger charge is 2.10. The summed E-state index contributed by atoms with van der Waals surface area (Å²) >= 11 is 0. The molecule has 0 aliphatic carbocycles. The van der Waals surface area contributed by atoms with E-state index >= 15 is 0 Å². The van der Waals surface area contributed by atoms with Crippen molar-refractivity contribution in [2.45, 2.75) is 6.42 Å². The number of hydrogen-bond acceptors (Lipinski definition) is 6. The first-order chi connectivity index (χ1) is 10.0. The molecule has 1 aromatic rings. The van der Waals surface area contributed by atoms with Crippen molar-refractivity contribution in [3.63, 3.8) is 0 Å². The molecule has 1 N–H and O–H groups in total. The number of esters is 2. The van der Waals surface area contributed by atoms with Gasteiger partial charge >= 0.3 is 17.9 Å². The molecule has 0 atom stereocenters. The number of carboxylic acid groups (broad SMARTS) is 1. The lowest BCUT2D eigenvalue weighted by Gasteiger charge is -2.08. The minimum Gasteiger partial charge on any atom is -0.493 e. The summed E-state index contributed by atoms with van der Waals surface area (Å²) in [6.07, 6.45) is 1.24. The van der Waals surface area contributed by atoms with Gasteiger partial charge in [-0.2, -0.15) is 0 Å². The summed E-state index contributed by atoms with van der Waals surface area (Å²) in [5.74, 6) is -2.03. The van der Waals surface area contributed by atoms with Crippen LogP contribution in [0.3, 0.4) is 0 Å². The maximum Gasteiger partial charge on any atom is 0.331 e. The second-order valence-electron chi connectivity index (χ2n) is 3.71. The van der Waals surface area contributed by atoms with E-state index in [4.69, 9.17) is 14.6 Å². The van der Waals surface area contributed by atoms with E-state index < -0.39 is 17.9 Å². The molecule has 21 heavy (non-hydrogen) atoms. The fourth-order valence-electron chi connectivity index (χ4n) is 1.30. The Bertz CT molecular complexity index is 548. The summed E-state index contributed by atoms with van der Waals surface area (Å²) in [5.41, 5.74) is 0. The van der Waals surface area contributed by atoms with Crippen LogP contribution in [0.2, 0.25) is 0 Å². The zero-order chi connectivity index (χ0) is 15.7. The smallest absolute Gasteiger partial charge is 0.331 e. The summed E-state index contributed by atoms with van der Waals surface area (Å²) in [6.45, 7) is -0.212. The van der Waals surface area contributed by atoms with Gasteiger partial charge in [-0.15, -0.1) is 0 Å². The molecule has 0 unspecified atom stereocenters. The third-order valence-electron chi connectivity index (χ3n) is 2.21. The molecule has 0 bridgehead atoms. The Labute approximate surface area is 120 Å². The SMILES string of the molecule is COc1ccccc1OC(=O)CCOC(=O)/C=C/C(=O)O. The molecule has 0 heterocycles. The van der Waals surface area contributed by atoms with Gasteiger partial charge in [0.15, 0.2) is 11.5 Å². The number of para-hydroxylation sites is 2. The Hall–Kier alpha value is -2.83. The van der Waals surface area contributed by atoms with Gasteiger partial charge in [-0.1, -0.05) is 12.1 Å². The summed E-state index contributed by atoms with van der Waals surface area (Å²) in [5, 5.41) is 8.31. The van der Waals surface area contributed by atoms with Gasteiger partial charge in [0.05, 0.1) is 13.5 Å². The first-order valence-electron chi connectivity index (χ1n) is 5.94. The van der Waals surface area contributed by atoms with Gasteiger partial charge in [0.25, 0.3) is 0 Å². The minimum atomic E-state index is -1.26. The molecule has 0 aliphatic rings. The lowest BCUT2D eigenvalue weighted by atomic mass is 10.3. The summed E-state index contributed by atoms with van der Waals surface area (Å²) in [4.78, 5) is 32.8. The molecule has 1 rings (SSSR count). The van der Waals surface area contributed by atoms with E-state index in [2.05, 4.69) is 4.74 Å². The first kappa shape index (κ1) is 16.2. The molecular formula is C14H14O7. The lowest BCUT2D eigenvalue weighted by molar-refractivity contribution is -0.142. The van der Waals surface area contributed by atoms with Gasteiger partial charge in [0, 0.05) is 12.2 Å². The average molecular weight is 294 g/mol. The van der Waals surface area contributed by atoms with Crippen molar-refractivity contribution in [3.05, 3.63) is 36.4 Å². The van der Waals surface area contributed by atoms with Crippen LogP contribution in [0.4, 0.5) is 0 Å². The van der Waals surface area contributed by atoms with Gasteiger partial charge in [0.1, 0.15) is 6.61 Å². The Kier molecular flexibility index (Phi) is 6.46. The zero-order valence-corrected chi connectivity index (χ0v) is 11.3. The molecule has 0 amide bonds. The van der Waals surface area contributed by atoms with Gasteiger partial charge in [0.2, 0.25) is 0 Å². The standard InChI is InChI=1S/C14H14O7/c1-19-10-4-2-3-5-11(10)21-14(18)8-9-20-13(17)7-6-12(15)16/h2-7H,8-9H2,1H3,(H,15,16)/b7-6+. The summed E-state index contributed by atoms with van der Waals surface area (Å²) in [6, 6.07) is 6.62. The number of carbonyl (C=O) groups is 3.